The molecule has 0 fully saturated rings. The van der Waals surface area contributed by atoms with Crippen LogP contribution in [0.1, 0.15) is 17.3 Å². The molecule has 0 saturated carbocycles. The van der Waals surface area contributed by atoms with Gasteiger partial charge in [-0.1, -0.05) is 6.07 Å². The molecule has 126 valence electrons. The van der Waals surface area contributed by atoms with Gasteiger partial charge in [-0.2, -0.15) is 0 Å². The van der Waals surface area contributed by atoms with E-state index >= 15 is 0 Å². The van der Waals surface area contributed by atoms with E-state index in [2.05, 4.69) is 10.0 Å². The molecule has 22 heavy (non-hydrogen) atoms. The van der Waals surface area contributed by atoms with Gasteiger partial charge in [-0.05, 0) is 25.1 Å². The molecule has 0 aliphatic carbocycles. The Bertz CT molecular complexity index is 580. The molecule has 0 aromatic heterocycles. The van der Waals surface area contributed by atoms with Crippen LogP contribution < -0.4 is 15.8 Å². The van der Waals surface area contributed by atoms with Crippen LogP contribution in [0.3, 0.4) is 0 Å². The first kappa shape index (κ1) is 20.8. The number of nitrogens with one attached hydrogen (secondary N) is 2. The highest BCUT2D eigenvalue weighted by molar-refractivity contribution is 7.89. The fourth-order valence-electron chi connectivity index (χ4n) is 1.53. The van der Waals surface area contributed by atoms with Gasteiger partial charge in [-0.25, -0.2) is 13.1 Å². The van der Waals surface area contributed by atoms with Crippen LogP contribution in [-0.4, -0.2) is 47.2 Å². The lowest BCUT2D eigenvalue weighted by Gasteiger charge is -2.12. The SMILES string of the molecule is COCCNS(=O)(=O)c1cccc(C(=O)N[C@@H](C)CN)c1.Cl. The van der Waals surface area contributed by atoms with Crippen molar-refractivity contribution in [2.75, 3.05) is 26.8 Å². The number of halogens is 1. The third-order valence-electron chi connectivity index (χ3n) is 2.74. The summed E-state index contributed by atoms with van der Waals surface area (Å²) < 4.78 is 31.3. The van der Waals surface area contributed by atoms with Crippen LogP contribution in [0.4, 0.5) is 0 Å². The molecule has 7 nitrogen and oxygen atoms in total. The molecule has 9 heteroatoms. The first-order valence-electron chi connectivity index (χ1n) is 6.50. The van der Waals surface area contributed by atoms with Gasteiger partial charge in [0.2, 0.25) is 10.0 Å². The fourth-order valence-corrected chi connectivity index (χ4v) is 2.59. The van der Waals surface area contributed by atoms with Gasteiger partial charge in [-0.15, -0.1) is 12.4 Å². The molecule has 1 rings (SSSR count). The van der Waals surface area contributed by atoms with Crippen molar-refractivity contribution in [3.05, 3.63) is 29.8 Å². The molecule has 4 N–H and O–H groups in total. The quantitative estimate of drug-likeness (QED) is 0.576. The molecule has 1 atom stereocenters. The molecule has 0 saturated heterocycles. The number of hydrogen-bond acceptors (Lipinski definition) is 5. The summed E-state index contributed by atoms with van der Waals surface area (Å²) in [6.45, 7) is 2.51. The number of rotatable bonds is 8. The summed E-state index contributed by atoms with van der Waals surface area (Å²) in [5.41, 5.74) is 5.70. The van der Waals surface area contributed by atoms with E-state index in [-0.39, 0.29) is 48.0 Å². The van der Waals surface area contributed by atoms with E-state index < -0.39 is 10.0 Å². The summed E-state index contributed by atoms with van der Waals surface area (Å²) in [6.07, 6.45) is 0. The largest absolute Gasteiger partial charge is 0.383 e. The van der Waals surface area contributed by atoms with E-state index in [1.54, 1.807) is 13.0 Å². The molecule has 0 radical (unpaired) electrons. The predicted molar refractivity (Wildman–Crippen MR) is 86.7 cm³/mol. The topological polar surface area (TPSA) is 111 Å². The molecule has 1 aromatic rings. The van der Waals surface area contributed by atoms with Crippen LogP contribution in [-0.2, 0) is 14.8 Å². The highest BCUT2D eigenvalue weighted by Gasteiger charge is 2.16. The Morgan fingerprint density at radius 2 is 2.09 bits per heavy atom. The molecule has 0 bridgehead atoms. The minimum Gasteiger partial charge on any atom is -0.383 e. The van der Waals surface area contributed by atoms with Gasteiger partial charge in [0, 0.05) is 31.8 Å². The molecule has 1 amide bonds. The van der Waals surface area contributed by atoms with Gasteiger partial charge in [0.25, 0.3) is 5.91 Å². The van der Waals surface area contributed by atoms with Crippen molar-refractivity contribution in [1.29, 1.82) is 0 Å². The minimum atomic E-state index is -3.66. The van der Waals surface area contributed by atoms with Gasteiger partial charge in [-0.3, -0.25) is 4.79 Å². The number of benzene rings is 1. The van der Waals surface area contributed by atoms with Crippen molar-refractivity contribution in [2.24, 2.45) is 5.73 Å². The lowest BCUT2D eigenvalue weighted by molar-refractivity contribution is 0.0941. The van der Waals surface area contributed by atoms with E-state index in [1.165, 1.54) is 25.3 Å². The normalized spacial score (nSPS) is 12.3. The summed E-state index contributed by atoms with van der Waals surface area (Å²) in [5.74, 6) is -0.359. The van der Waals surface area contributed by atoms with Gasteiger partial charge in [0.15, 0.2) is 0 Å². The van der Waals surface area contributed by atoms with E-state index in [0.29, 0.717) is 6.54 Å². The average molecular weight is 352 g/mol. The van der Waals surface area contributed by atoms with Crippen molar-refractivity contribution >= 4 is 28.3 Å². The Hall–Kier alpha value is -1.19. The number of methoxy groups -OCH3 is 1. The number of nitrogens with two attached hydrogens (primary N) is 1. The van der Waals surface area contributed by atoms with Crippen molar-refractivity contribution < 1.29 is 17.9 Å². The molecule has 1 aromatic carbocycles. The first-order valence-corrected chi connectivity index (χ1v) is 7.98. The van der Waals surface area contributed by atoms with Gasteiger partial charge < -0.3 is 15.8 Å². The Labute approximate surface area is 137 Å². The second-order valence-corrected chi connectivity index (χ2v) is 6.30. The minimum absolute atomic E-state index is 0. The second kappa shape index (κ2) is 9.75. The molecule has 0 unspecified atom stereocenters. The van der Waals surface area contributed by atoms with Gasteiger partial charge in [0.05, 0.1) is 11.5 Å². The number of hydrogen-bond donors (Lipinski definition) is 3. The molecular weight excluding hydrogens is 330 g/mol. The Morgan fingerprint density at radius 1 is 1.41 bits per heavy atom. The predicted octanol–water partition coefficient (Wildman–Crippen LogP) is 0.110. The fraction of sp³-hybridized carbons (Fsp3) is 0.462. The number of sulfonamides is 1. The molecule has 0 aliphatic heterocycles. The van der Waals surface area contributed by atoms with Crippen molar-refractivity contribution in [3.63, 3.8) is 0 Å². The summed E-state index contributed by atoms with van der Waals surface area (Å²) in [5, 5.41) is 2.68. The zero-order valence-corrected chi connectivity index (χ0v) is 14.2. The zero-order valence-electron chi connectivity index (χ0n) is 12.5. The maximum Gasteiger partial charge on any atom is 0.251 e. The summed E-state index contributed by atoms with van der Waals surface area (Å²) >= 11 is 0. The Morgan fingerprint density at radius 3 is 2.68 bits per heavy atom. The van der Waals surface area contributed by atoms with Crippen LogP contribution >= 0.6 is 12.4 Å². The summed E-state index contributed by atoms with van der Waals surface area (Å²) in [6, 6.07) is 5.64. The van der Waals surface area contributed by atoms with Crippen LogP contribution in [0.5, 0.6) is 0 Å². The van der Waals surface area contributed by atoms with Crippen LogP contribution in [0.15, 0.2) is 29.2 Å². The molecule has 0 spiro atoms. The average Bonchev–Trinajstić information content (AvgIpc) is 2.47. The third-order valence-corrected chi connectivity index (χ3v) is 4.19. The number of carbonyl (C=O) groups excluding carboxylic acids is 1. The van der Waals surface area contributed by atoms with Gasteiger partial charge >= 0.3 is 0 Å². The zero-order chi connectivity index (χ0) is 15.9. The van der Waals surface area contributed by atoms with Gasteiger partial charge in [0.1, 0.15) is 0 Å². The van der Waals surface area contributed by atoms with E-state index in [9.17, 15) is 13.2 Å². The second-order valence-electron chi connectivity index (χ2n) is 4.53. The standard InChI is InChI=1S/C13H21N3O4S.ClH/c1-10(9-14)16-13(17)11-4-3-5-12(8-11)21(18,19)15-6-7-20-2;/h3-5,8,10,15H,6-7,9,14H2,1-2H3,(H,16,17);1H/t10-;/m0./s1. The monoisotopic (exact) mass is 351 g/mol. The Balaban J connectivity index is 0.00000441. The van der Waals surface area contributed by atoms with E-state index in [0.717, 1.165) is 0 Å². The third kappa shape index (κ3) is 6.29. The number of ether oxygens (including phenoxy) is 1. The molecule has 0 heterocycles. The van der Waals surface area contributed by atoms with Crippen molar-refractivity contribution in [1.82, 2.24) is 10.0 Å². The van der Waals surface area contributed by atoms with Crippen LogP contribution in [0.2, 0.25) is 0 Å². The smallest absolute Gasteiger partial charge is 0.251 e. The summed E-state index contributed by atoms with van der Waals surface area (Å²) in [7, 11) is -2.17. The molecule has 0 aliphatic rings. The number of amides is 1. The highest BCUT2D eigenvalue weighted by atomic mass is 35.5. The Kier molecular flexibility index (Phi) is 9.22. The number of carbonyl (C=O) groups is 1. The summed E-state index contributed by atoms with van der Waals surface area (Å²) in [4.78, 5) is 12.0. The lowest BCUT2D eigenvalue weighted by atomic mass is 10.2. The van der Waals surface area contributed by atoms with E-state index in [1.807, 2.05) is 0 Å². The lowest BCUT2D eigenvalue weighted by Crippen LogP contribution is -2.37. The first-order chi connectivity index (χ1) is 9.90. The van der Waals surface area contributed by atoms with Crippen LogP contribution in [0, 0.1) is 0 Å². The van der Waals surface area contributed by atoms with Crippen LogP contribution in [0.25, 0.3) is 0 Å². The highest BCUT2D eigenvalue weighted by Crippen LogP contribution is 2.11. The van der Waals surface area contributed by atoms with Crippen molar-refractivity contribution in [3.8, 4) is 0 Å². The maximum atomic E-state index is 12.0. The maximum absolute atomic E-state index is 12.0. The van der Waals surface area contributed by atoms with E-state index in [4.69, 9.17) is 10.5 Å². The van der Waals surface area contributed by atoms with Crippen molar-refractivity contribution in [2.45, 2.75) is 17.9 Å². The molecular formula is C13H22ClN3O4S.